The molecular formula is C14H14BrN3O5. The predicted octanol–water partition coefficient (Wildman–Crippen LogP) is 3.39. The van der Waals surface area contributed by atoms with Crippen molar-refractivity contribution in [2.24, 2.45) is 0 Å². The zero-order chi connectivity index (χ0) is 16.8. The van der Waals surface area contributed by atoms with Crippen LogP contribution in [0.2, 0.25) is 0 Å². The van der Waals surface area contributed by atoms with Crippen molar-refractivity contribution in [2.75, 3.05) is 11.9 Å². The highest BCUT2D eigenvalue weighted by molar-refractivity contribution is 9.10. The van der Waals surface area contributed by atoms with E-state index < -0.39 is 10.9 Å². The minimum atomic E-state index is -0.562. The van der Waals surface area contributed by atoms with Gasteiger partial charge in [0.2, 0.25) is 5.76 Å². The Morgan fingerprint density at radius 3 is 2.78 bits per heavy atom. The molecule has 0 fully saturated rings. The molecule has 23 heavy (non-hydrogen) atoms. The van der Waals surface area contributed by atoms with Crippen LogP contribution in [0, 0.1) is 10.1 Å². The van der Waals surface area contributed by atoms with Crippen LogP contribution in [-0.2, 0) is 4.74 Å². The third-order valence-corrected chi connectivity index (χ3v) is 3.42. The van der Waals surface area contributed by atoms with Crippen molar-refractivity contribution in [3.63, 3.8) is 0 Å². The molecule has 0 bridgehead atoms. The quantitative estimate of drug-likeness (QED) is 0.443. The first-order chi connectivity index (χ1) is 11.0. The number of ether oxygens (including phenoxy) is 1. The number of hydrogen-bond acceptors (Lipinski definition) is 7. The smallest absolute Gasteiger partial charge is 0.374 e. The molecule has 2 aromatic heterocycles. The van der Waals surface area contributed by atoms with E-state index in [-0.39, 0.29) is 24.1 Å². The standard InChI is InChI=1S/C14H14BrN3O5/c1-2-9(8-22-14(19)11-4-5-12(15)23-11)17-13-6-3-10(7-16-13)18(20)21/h3-7,9H,2,8H2,1H3,(H,16,17). The maximum absolute atomic E-state index is 11.8. The minimum Gasteiger partial charge on any atom is -0.458 e. The van der Waals surface area contributed by atoms with Crippen LogP contribution in [0.15, 0.2) is 39.5 Å². The topological polar surface area (TPSA) is 108 Å². The number of furan rings is 1. The lowest BCUT2D eigenvalue weighted by molar-refractivity contribution is -0.385. The van der Waals surface area contributed by atoms with E-state index in [0.29, 0.717) is 16.9 Å². The van der Waals surface area contributed by atoms with Gasteiger partial charge in [-0.15, -0.1) is 0 Å². The van der Waals surface area contributed by atoms with Crippen LogP contribution in [0.25, 0.3) is 0 Å². The molecule has 122 valence electrons. The Bertz CT molecular complexity index is 686. The van der Waals surface area contributed by atoms with Gasteiger partial charge in [-0.3, -0.25) is 10.1 Å². The van der Waals surface area contributed by atoms with E-state index >= 15 is 0 Å². The van der Waals surface area contributed by atoms with Crippen LogP contribution in [-0.4, -0.2) is 28.5 Å². The van der Waals surface area contributed by atoms with Gasteiger partial charge in [0, 0.05) is 6.07 Å². The monoisotopic (exact) mass is 383 g/mol. The number of esters is 1. The number of hydrogen-bond donors (Lipinski definition) is 1. The van der Waals surface area contributed by atoms with Crippen LogP contribution < -0.4 is 5.32 Å². The molecule has 1 unspecified atom stereocenters. The fourth-order valence-electron chi connectivity index (χ4n) is 1.72. The summed E-state index contributed by atoms with van der Waals surface area (Å²) in [5.74, 6) is 0.0204. The van der Waals surface area contributed by atoms with Gasteiger partial charge in [0.15, 0.2) is 4.67 Å². The fourth-order valence-corrected chi connectivity index (χ4v) is 2.03. The molecule has 0 aliphatic carbocycles. The van der Waals surface area contributed by atoms with Crippen LogP contribution in [0.4, 0.5) is 11.5 Å². The number of anilines is 1. The number of carbonyl (C=O) groups excluding carboxylic acids is 1. The average molecular weight is 384 g/mol. The van der Waals surface area contributed by atoms with E-state index in [1.807, 2.05) is 6.92 Å². The van der Waals surface area contributed by atoms with Crippen molar-refractivity contribution in [1.82, 2.24) is 4.98 Å². The maximum Gasteiger partial charge on any atom is 0.374 e. The number of aromatic nitrogens is 1. The van der Waals surface area contributed by atoms with Crippen molar-refractivity contribution in [3.8, 4) is 0 Å². The number of nitro groups is 1. The van der Waals surface area contributed by atoms with Gasteiger partial charge in [0.1, 0.15) is 18.6 Å². The number of nitrogens with zero attached hydrogens (tertiary/aromatic N) is 2. The molecule has 0 aliphatic rings. The van der Waals surface area contributed by atoms with Crippen molar-refractivity contribution in [2.45, 2.75) is 19.4 Å². The van der Waals surface area contributed by atoms with Gasteiger partial charge in [0.25, 0.3) is 5.69 Å². The Morgan fingerprint density at radius 1 is 1.48 bits per heavy atom. The van der Waals surface area contributed by atoms with Crippen molar-refractivity contribution >= 4 is 33.4 Å². The van der Waals surface area contributed by atoms with Crippen LogP contribution >= 0.6 is 15.9 Å². The normalized spacial score (nSPS) is 11.7. The first kappa shape index (κ1) is 16.9. The van der Waals surface area contributed by atoms with E-state index in [1.54, 1.807) is 6.07 Å². The van der Waals surface area contributed by atoms with E-state index in [9.17, 15) is 14.9 Å². The Kier molecular flexibility index (Phi) is 5.69. The molecule has 1 atom stereocenters. The first-order valence-corrected chi connectivity index (χ1v) is 7.58. The summed E-state index contributed by atoms with van der Waals surface area (Å²) in [4.78, 5) is 25.8. The molecule has 0 saturated carbocycles. The Morgan fingerprint density at radius 2 is 2.26 bits per heavy atom. The van der Waals surface area contributed by atoms with E-state index in [4.69, 9.17) is 9.15 Å². The second kappa shape index (κ2) is 7.73. The maximum atomic E-state index is 11.8. The van der Waals surface area contributed by atoms with Gasteiger partial charge < -0.3 is 14.5 Å². The average Bonchev–Trinajstić information content (AvgIpc) is 2.98. The number of halogens is 1. The molecule has 0 amide bonds. The summed E-state index contributed by atoms with van der Waals surface area (Å²) in [6, 6.07) is 5.80. The van der Waals surface area contributed by atoms with Crippen molar-refractivity contribution in [3.05, 3.63) is 51.0 Å². The summed E-state index contributed by atoms with van der Waals surface area (Å²) < 4.78 is 10.7. The van der Waals surface area contributed by atoms with Gasteiger partial charge in [-0.2, -0.15) is 0 Å². The lowest BCUT2D eigenvalue weighted by Crippen LogP contribution is -2.26. The molecule has 0 saturated heterocycles. The zero-order valence-corrected chi connectivity index (χ0v) is 13.8. The lowest BCUT2D eigenvalue weighted by Gasteiger charge is -2.17. The highest BCUT2D eigenvalue weighted by Gasteiger charge is 2.15. The van der Waals surface area contributed by atoms with Gasteiger partial charge in [-0.05, 0) is 40.5 Å². The van der Waals surface area contributed by atoms with Gasteiger partial charge in [-0.25, -0.2) is 9.78 Å². The summed E-state index contributed by atoms with van der Waals surface area (Å²) in [7, 11) is 0. The Hall–Kier alpha value is -2.42. The third kappa shape index (κ3) is 4.78. The highest BCUT2D eigenvalue weighted by Crippen LogP contribution is 2.16. The first-order valence-electron chi connectivity index (χ1n) is 6.79. The van der Waals surface area contributed by atoms with E-state index in [2.05, 4.69) is 26.2 Å². The minimum absolute atomic E-state index is 0.0848. The lowest BCUT2D eigenvalue weighted by atomic mass is 10.2. The molecule has 0 aromatic carbocycles. The van der Waals surface area contributed by atoms with Crippen LogP contribution in [0.5, 0.6) is 0 Å². The van der Waals surface area contributed by atoms with Gasteiger partial charge in [0.05, 0.1) is 11.0 Å². The van der Waals surface area contributed by atoms with E-state index in [0.717, 1.165) is 0 Å². The number of carbonyl (C=O) groups is 1. The van der Waals surface area contributed by atoms with Crippen molar-refractivity contribution < 1.29 is 18.9 Å². The molecule has 0 aliphatic heterocycles. The second-order valence-corrected chi connectivity index (χ2v) is 5.39. The molecule has 1 N–H and O–H groups in total. The molecule has 9 heteroatoms. The zero-order valence-electron chi connectivity index (χ0n) is 12.2. The number of rotatable bonds is 7. The highest BCUT2D eigenvalue weighted by atomic mass is 79.9. The van der Waals surface area contributed by atoms with Crippen LogP contribution in [0.3, 0.4) is 0 Å². The molecule has 8 nitrogen and oxygen atoms in total. The molecule has 2 rings (SSSR count). The second-order valence-electron chi connectivity index (χ2n) is 4.61. The third-order valence-electron chi connectivity index (χ3n) is 2.99. The molecule has 2 aromatic rings. The van der Waals surface area contributed by atoms with E-state index in [1.165, 1.54) is 24.4 Å². The van der Waals surface area contributed by atoms with Crippen LogP contribution in [0.1, 0.15) is 23.9 Å². The summed E-state index contributed by atoms with van der Waals surface area (Å²) in [5, 5.41) is 13.6. The summed E-state index contributed by atoms with van der Waals surface area (Å²) in [6.07, 6.45) is 1.84. The van der Waals surface area contributed by atoms with Gasteiger partial charge >= 0.3 is 5.97 Å². The summed E-state index contributed by atoms with van der Waals surface area (Å²) >= 11 is 3.11. The fraction of sp³-hybridized carbons (Fsp3) is 0.286. The number of nitrogens with one attached hydrogen (secondary N) is 1. The molecular weight excluding hydrogens is 370 g/mol. The summed E-state index contributed by atoms with van der Waals surface area (Å²) in [5.41, 5.74) is -0.0848. The molecule has 2 heterocycles. The Labute approximate surface area is 140 Å². The largest absolute Gasteiger partial charge is 0.458 e. The SMILES string of the molecule is CCC(COC(=O)c1ccc(Br)o1)Nc1ccc([N+](=O)[O-])cn1. The Balaban J connectivity index is 1.89. The number of pyridine rings is 1. The molecule has 0 radical (unpaired) electrons. The predicted molar refractivity (Wildman–Crippen MR) is 85.3 cm³/mol. The molecule has 0 spiro atoms. The van der Waals surface area contributed by atoms with Gasteiger partial charge in [-0.1, -0.05) is 6.92 Å². The summed E-state index contributed by atoms with van der Waals surface area (Å²) in [6.45, 7) is 2.03. The van der Waals surface area contributed by atoms with Crippen molar-refractivity contribution in [1.29, 1.82) is 0 Å².